The van der Waals surface area contributed by atoms with E-state index in [9.17, 15) is 4.79 Å². The quantitative estimate of drug-likeness (QED) is 0.362. The summed E-state index contributed by atoms with van der Waals surface area (Å²) in [7, 11) is 0. The number of carbonyl (C=O) groups excluding carboxylic acids is 1. The van der Waals surface area contributed by atoms with Crippen LogP contribution in [-0.2, 0) is 4.79 Å². The number of unbranched alkanes of at least 4 members (excludes halogenated alkanes) is 2. The molecule has 0 spiro atoms. The van der Waals surface area contributed by atoms with Crippen molar-refractivity contribution in [2.75, 3.05) is 0 Å². The summed E-state index contributed by atoms with van der Waals surface area (Å²) in [4.78, 5) is 10.3. The van der Waals surface area contributed by atoms with E-state index in [1.54, 1.807) is 0 Å². The van der Waals surface area contributed by atoms with Crippen molar-refractivity contribution in [2.45, 2.75) is 57.2 Å². The minimum atomic E-state index is -0.800. The lowest BCUT2D eigenvalue weighted by Gasteiger charge is -2.21. The van der Waals surface area contributed by atoms with Gasteiger partial charge in [-0.2, -0.15) is 0 Å². The molecule has 0 N–H and O–H groups in total. The summed E-state index contributed by atoms with van der Waals surface area (Å²) in [6, 6.07) is 0. The molecule has 0 aromatic carbocycles. The molecule has 78 valence electrons. The molecule has 0 heterocycles. The van der Waals surface area contributed by atoms with E-state index in [0.29, 0.717) is 12.8 Å². The maximum atomic E-state index is 11.1. The first-order valence-electron chi connectivity index (χ1n) is 4.95. The van der Waals surface area contributed by atoms with Gasteiger partial charge >= 0.3 is 0 Å². The largest absolute Gasteiger partial charge is 0.279 e. The molecule has 0 aliphatic carbocycles. The van der Waals surface area contributed by atoms with Gasteiger partial charge in [0, 0.05) is 0 Å². The molecule has 0 saturated carbocycles. The number of hydrogen-bond acceptors (Lipinski definition) is 1. The Hall–Kier alpha value is 0.250. The van der Waals surface area contributed by atoms with E-state index < -0.39 is 10.1 Å². The molecule has 1 atom stereocenters. The van der Waals surface area contributed by atoms with Crippen LogP contribution in [-0.4, -0.2) is 10.1 Å². The Kier molecular flexibility index (Phi) is 6.79. The van der Waals surface area contributed by atoms with Gasteiger partial charge in [0.05, 0.1) is 0 Å². The molecule has 0 saturated heterocycles. The van der Waals surface area contributed by atoms with Crippen molar-refractivity contribution in [3.63, 3.8) is 0 Å². The number of alkyl halides is 1. The van der Waals surface area contributed by atoms with E-state index in [0.717, 1.165) is 25.7 Å². The fraction of sp³-hybridized carbons (Fsp3) is 0.900. The molecule has 0 amide bonds. The summed E-state index contributed by atoms with van der Waals surface area (Å²) in [5.41, 5.74) is 0. The van der Waals surface area contributed by atoms with Gasteiger partial charge in [-0.05, 0) is 24.4 Å². The Morgan fingerprint density at radius 3 is 2.15 bits per heavy atom. The zero-order chi connectivity index (χ0) is 10.3. The molecule has 1 unspecified atom stereocenters. The van der Waals surface area contributed by atoms with E-state index in [1.165, 1.54) is 0 Å². The number of rotatable bonds is 7. The third kappa shape index (κ3) is 4.87. The van der Waals surface area contributed by atoms with Crippen LogP contribution in [0.5, 0.6) is 0 Å². The summed E-state index contributed by atoms with van der Waals surface area (Å²) >= 11 is 11.6. The van der Waals surface area contributed by atoms with Gasteiger partial charge in [0.1, 0.15) is 4.87 Å². The molecule has 0 aromatic rings. The first-order valence-corrected chi connectivity index (χ1v) is 5.71. The highest BCUT2D eigenvalue weighted by atomic mass is 35.5. The van der Waals surface area contributed by atoms with Crippen LogP contribution in [0.25, 0.3) is 0 Å². The van der Waals surface area contributed by atoms with E-state index in [-0.39, 0.29) is 0 Å². The number of hydrogen-bond donors (Lipinski definition) is 0. The molecule has 13 heavy (non-hydrogen) atoms. The fourth-order valence-corrected chi connectivity index (χ4v) is 1.88. The third-order valence-electron chi connectivity index (χ3n) is 2.18. The Bertz CT molecular complexity index is 159. The predicted octanol–water partition coefficient (Wildman–Crippen LogP) is 4.11. The van der Waals surface area contributed by atoms with Crippen LogP contribution in [0.1, 0.15) is 52.4 Å². The van der Waals surface area contributed by atoms with E-state index in [4.69, 9.17) is 23.2 Å². The average Bonchev–Trinajstić information content (AvgIpc) is 2.05. The predicted molar refractivity (Wildman–Crippen MR) is 58.5 cm³/mol. The summed E-state index contributed by atoms with van der Waals surface area (Å²) in [5, 5.41) is -0.396. The first-order chi connectivity index (χ1) is 6.06. The van der Waals surface area contributed by atoms with Gasteiger partial charge in [0.25, 0.3) is 0 Å². The van der Waals surface area contributed by atoms with Crippen LogP contribution >= 0.6 is 23.2 Å². The fourth-order valence-electron chi connectivity index (χ4n) is 1.37. The minimum absolute atomic E-state index is 0.396. The molecule has 0 fully saturated rings. The lowest BCUT2D eigenvalue weighted by molar-refractivity contribution is -0.114. The Morgan fingerprint density at radius 2 is 1.77 bits per heavy atom. The van der Waals surface area contributed by atoms with E-state index >= 15 is 0 Å². The van der Waals surface area contributed by atoms with Crippen molar-refractivity contribution >= 4 is 28.4 Å². The molecule has 0 bridgehead atoms. The average molecular weight is 225 g/mol. The summed E-state index contributed by atoms with van der Waals surface area (Å²) in [5.74, 6) is 0. The Balaban J connectivity index is 4.00. The number of halogens is 2. The van der Waals surface area contributed by atoms with Gasteiger partial charge in [-0.25, -0.2) is 0 Å². The monoisotopic (exact) mass is 224 g/mol. The summed E-state index contributed by atoms with van der Waals surface area (Å²) in [6.45, 7) is 4.13. The highest BCUT2D eigenvalue weighted by molar-refractivity contribution is 6.70. The van der Waals surface area contributed by atoms with Crippen LogP contribution in [0.2, 0.25) is 0 Å². The normalized spacial score (nSPS) is 15.4. The van der Waals surface area contributed by atoms with Crippen molar-refractivity contribution in [3.8, 4) is 0 Å². The first kappa shape index (κ1) is 13.2. The summed E-state index contributed by atoms with van der Waals surface area (Å²) < 4.78 is 0. The molecule has 0 rings (SSSR count). The second-order valence-corrected chi connectivity index (χ2v) is 4.51. The van der Waals surface area contributed by atoms with Crippen molar-refractivity contribution in [1.29, 1.82) is 0 Å². The molecular formula is C10H18Cl2O. The highest BCUT2D eigenvalue weighted by Crippen LogP contribution is 2.30. The second kappa shape index (κ2) is 6.67. The topological polar surface area (TPSA) is 17.1 Å². The Labute approximate surface area is 90.8 Å². The molecule has 0 aliphatic heterocycles. The SMILES string of the molecule is CCCCCC(Cl)(CCC)C(=O)Cl. The van der Waals surface area contributed by atoms with Gasteiger partial charge in [-0.1, -0.05) is 39.5 Å². The molecule has 1 nitrogen and oxygen atoms in total. The molecule has 0 aromatic heterocycles. The zero-order valence-corrected chi connectivity index (χ0v) is 9.92. The van der Waals surface area contributed by atoms with E-state index in [2.05, 4.69) is 6.92 Å². The highest BCUT2D eigenvalue weighted by Gasteiger charge is 2.32. The Morgan fingerprint density at radius 1 is 1.15 bits per heavy atom. The van der Waals surface area contributed by atoms with Crippen molar-refractivity contribution in [3.05, 3.63) is 0 Å². The third-order valence-corrected chi connectivity index (χ3v) is 3.18. The maximum Gasteiger partial charge on any atom is 0.242 e. The minimum Gasteiger partial charge on any atom is -0.279 e. The molecule has 0 aliphatic rings. The molecule has 0 radical (unpaired) electrons. The van der Waals surface area contributed by atoms with Gasteiger partial charge in [-0.15, -0.1) is 11.6 Å². The van der Waals surface area contributed by atoms with Gasteiger partial charge in [0.2, 0.25) is 5.24 Å². The zero-order valence-electron chi connectivity index (χ0n) is 8.41. The number of carbonyl (C=O) groups is 1. The lowest BCUT2D eigenvalue weighted by atomic mass is 9.97. The van der Waals surface area contributed by atoms with E-state index in [1.807, 2.05) is 6.92 Å². The van der Waals surface area contributed by atoms with Crippen LogP contribution in [0.4, 0.5) is 0 Å². The van der Waals surface area contributed by atoms with Gasteiger partial charge < -0.3 is 0 Å². The van der Waals surface area contributed by atoms with Crippen molar-refractivity contribution < 1.29 is 4.79 Å². The maximum absolute atomic E-state index is 11.1. The van der Waals surface area contributed by atoms with Crippen molar-refractivity contribution in [1.82, 2.24) is 0 Å². The smallest absolute Gasteiger partial charge is 0.242 e. The molecule has 3 heteroatoms. The van der Waals surface area contributed by atoms with Crippen molar-refractivity contribution in [2.24, 2.45) is 0 Å². The van der Waals surface area contributed by atoms with Crippen LogP contribution < -0.4 is 0 Å². The van der Waals surface area contributed by atoms with Gasteiger partial charge in [0.15, 0.2) is 0 Å². The summed E-state index contributed by atoms with van der Waals surface area (Å²) in [6.07, 6.45) is 5.52. The standard InChI is InChI=1S/C10H18Cl2O/c1-3-5-6-8-10(12,7-4-2)9(11)13/h3-8H2,1-2H3. The van der Waals surface area contributed by atoms with Crippen LogP contribution in [0, 0.1) is 0 Å². The van der Waals surface area contributed by atoms with Crippen LogP contribution in [0.3, 0.4) is 0 Å². The second-order valence-electron chi connectivity index (χ2n) is 3.45. The lowest BCUT2D eigenvalue weighted by Crippen LogP contribution is -2.28. The van der Waals surface area contributed by atoms with Crippen LogP contribution in [0.15, 0.2) is 0 Å². The molecular weight excluding hydrogens is 207 g/mol. The van der Waals surface area contributed by atoms with Gasteiger partial charge in [-0.3, -0.25) is 4.79 Å².